The van der Waals surface area contributed by atoms with Gasteiger partial charge in [0.1, 0.15) is 11.3 Å². The Morgan fingerprint density at radius 1 is 0.933 bits per heavy atom. The van der Waals surface area contributed by atoms with Crippen LogP contribution in [0, 0.1) is 16.7 Å². The fraction of sp³-hybridized carbons (Fsp3) is 0.290. The van der Waals surface area contributed by atoms with Crippen molar-refractivity contribution in [3.8, 4) is 34.3 Å². The predicted octanol–water partition coefficient (Wildman–Crippen LogP) is 8.66. The quantitative estimate of drug-likeness (QED) is 0.0527. The molecule has 1 aliphatic heterocycles. The van der Waals surface area contributed by atoms with E-state index in [4.69, 9.17) is 69.9 Å². The molecule has 1 atom stereocenters. The van der Waals surface area contributed by atoms with E-state index in [2.05, 4.69) is 0 Å². The lowest BCUT2D eigenvalue weighted by Gasteiger charge is -2.22. The smallest absolute Gasteiger partial charge is 0.316 e. The van der Waals surface area contributed by atoms with Gasteiger partial charge in [0.2, 0.25) is 5.43 Å². The number of hydrogen-bond donors (Lipinski definition) is 0. The van der Waals surface area contributed by atoms with E-state index in [1.165, 1.54) is 29.2 Å². The summed E-state index contributed by atoms with van der Waals surface area (Å²) in [6, 6.07) is 10.6. The molecular formula is C31H27Cl4N2O7P. The van der Waals surface area contributed by atoms with Crippen LogP contribution in [0.3, 0.4) is 0 Å². The highest BCUT2D eigenvalue weighted by Crippen LogP contribution is 2.46. The van der Waals surface area contributed by atoms with Crippen LogP contribution in [0.5, 0.6) is 5.75 Å². The Morgan fingerprint density at radius 3 is 2.29 bits per heavy atom. The van der Waals surface area contributed by atoms with Crippen molar-refractivity contribution in [2.45, 2.75) is 27.2 Å². The molecule has 4 rings (SSSR count). The number of likely N-dealkylation sites (N-methyl/N-ethyl adjacent to an activating group) is 1. The van der Waals surface area contributed by atoms with Crippen LogP contribution >= 0.6 is 55.4 Å². The van der Waals surface area contributed by atoms with Crippen molar-refractivity contribution in [1.82, 2.24) is 4.90 Å². The molecule has 0 saturated carbocycles. The highest BCUT2D eigenvalue weighted by molar-refractivity contribution is 7.26. The second-order valence-electron chi connectivity index (χ2n) is 10.9. The predicted molar refractivity (Wildman–Crippen MR) is 177 cm³/mol. The maximum atomic E-state index is 13.9. The number of carbonyl (C=O) groups excluding carboxylic acids is 2. The monoisotopic (exact) mass is 710 g/mol. The SMILES string of the molecule is CN(CCOPOCCC#N)C(=O)c1cc(Cl)c(Cl)cc1-c1c2cc(Cl)c(=O)cc-2oc2cc(OC(=O)C(C)(C)C)c(Cl)cc12. The average molecular weight is 712 g/mol. The minimum Gasteiger partial charge on any atom is -0.456 e. The van der Waals surface area contributed by atoms with E-state index in [1.807, 2.05) is 6.07 Å². The van der Waals surface area contributed by atoms with E-state index >= 15 is 0 Å². The summed E-state index contributed by atoms with van der Waals surface area (Å²) >= 11 is 25.8. The molecule has 45 heavy (non-hydrogen) atoms. The molecule has 0 radical (unpaired) electrons. The number of nitriles is 1. The number of benzene rings is 3. The lowest BCUT2D eigenvalue weighted by Crippen LogP contribution is -2.30. The molecule has 1 heterocycles. The van der Waals surface area contributed by atoms with Crippen molar-refractivity contribution in [2.75, 3.05) is 26.8 Å². The van der Waals surface area contributed by atoms with E-state index < -0.39 is 22.7 Å². The number of rotatable bonds is 10. The Morgan fingerprint density at radius 2 is 1.60 bits per heavy atom. The maximum absolute atomic E-state index is 13.9. The zero-order valence-electron chi connectivity index (χ0n) is 24.6. The number of amides is 1. The fourth-order valence-electron chi connectivity index (χ4n) is 4.16. The average Bonchev–Trinajstić information content (AvgIpc) is 2.97. The lowest BCUT2D eigenvalue weighted by molar-refractivity contribution is -0.142. The first kappa shape index (κ1) is 34.9. The zero-order chi connectivity index (χ0) is 33.1. The third-order valence-corrected chi connectivity index (χ3v) is 8.47. The van der Waals surface area contributed by atoms with Gasteiger partial charge >= 0.3 is 5.97 Å². The highest BCUT2D eigenvalue weighted by atomic mass is 35.5. The molecule has 0 bridgehead atoms. The maximum Gasteiger partial charge on any atom is 0.316 e. The molecule has 9 nitrogen and oxygen atoms in total. The van der Waals surface area contributed by atoms with Crippen molar-refractivity contribution in [1.29, 1.82) is 5.26 Å². The van der Waals surface area contributed by atoms with E-state index in [9.17, 15) is 14.4 Å². The molecule has 1 amide bonds. The highest BCUT2D eigenvalue weighted by Gasteiger charge is 2.28. The summed E-state index contributed by atoms with van der Waals surface area (Å²) in [7, 11) is 1.32. The number of esters is 1. The van der Waals surface area contributed by atoms with Crippen molar-refractivity contribution in [3.05, 3.63) is 72.3 Å². The van der Waals surface area contributed by atoms with Crippen LogP contribution in [0.2, 0.25) is 20.1 Å². The fourth-order valence-corrected chi connectivity index (χ4v) is 5.29. The van der Waals surface area contributed by atoms with Crippen LogP contribution in [-0.4, -0.2) is 43.6 Å². The summed E-state index contributed by atoms with van der Waals surface area (Å²) in [6.07, 6.45) is 0.251. The van der Waals surface area contributed by atoms with Crippen LogP contribution in [0.25, 0.3) is 33.4 Å². The molecule has 0 saturated heterocycles. The first-order chi connectivity index (χ1) is 21.2. The molecule has 1 aliphatic carbocycles. The second-order valence-corrected chi connectivity index (χ2v) is 13.3. The van der Waals surface area contributed by atoms with Gasteiger partial charge in [0.05, 0.1) is 51.2 Å². The molecule has 0 spiro atoms. The van der Waals surface area contributed by atoms with E-state index in [1.54, 1.807) is 40.0 Å². The number of carbonyl (C=O) groups is 2. The van der Waals surface area contributed by atoms with Gasteiger partial charge in [0.25, 0.3) is 5.91 Å². The van der Waals surface area contributed by atoms with Crippen LogP contribution in [0.15, 0.2) is 45.6 Å². The van der Waals surface area contributed by atoms with E-state index in [0.717, 1.165) is 0 Å². The molecule has 2 aromatic carbocycles. The van der Waals surface area contributed by atoms with Crippen molar-refractivity contribution < 1.29 is 27.8 Å². The minimum absolute atomic E-state index is 0.0527. The first-order valence-electron chi connectivity index (χ1n) is 13.4. The standard InChI is InChI=1S/C31H27Cl4N2O7P/c1-31(2,3)30(40)44-27-15-26-19(13-23(27)35)28(18-12-22(34)24(38)14-25(18)43-26)16-10-20(32)21(33)11-17(16)29(39)37(4)7-9-42-45-41-8-5-6-36/h10-15,45H,5,7-9H2,1-4H3. The Labute approximate surface area is 281 Å². The summed E-state index contributed by atoms with van der Waals surface area (Å²) in [4.78, 5) is 40.5. The normalized spacial score (nSPS) is 11.8. The molecule has 0 fully saturated rings. The summed E-state index contributed by atoms with van der Waals surface area (Å²) in [5.74, 6) is -0.712. The van der Waals surface area contributed by atoms with Crippen molar-refractivity contribution in [2.24, 2.45) is 5.41 Å². The minimum atomic E-state index is -0.810. The van der Waals surface area contributed by atoms with Crippen molar-refractivity contribution in [3.63, 3.8) is 0 Å². The number of nitrogens with zero attached hydrogens (tertiary/aromatic N) is 2. The molecule has 14 heteroatoms. The summed E-state index contributed by atoms with van der Waals surface area (Å²) < 4.78 is 22.4. The third kappa shape index (κ3) is 8.08. The van der Waals surface area contributed by atoms with Crippen LogP contribution in [0.1, 0.15) is 37.6 Å². The van der Waals surface area contributed by atoms with Gasteiger partial charge < -0.3 is 23.1 Å². The van der Waals surface area contributed by atoms with Gasteiger partial charge in [-0.15, -0.1) is 0 Å². The molecule has 2 aromatic rings. The molecule has 236 valence electrons. The summed E-state index contributed by atoms with van der Waals surface area (Å²) in [6.45, 7) is 5.75. The summed E-state index contributed by atoms with van der Waals surface area (Å²) in [5.41, 5.74) is 0.308. The first-order valence-corrected chi connectivity index (χ1v) is 15.8. The van der Waals surface area contributed by atoms with Crippen LogP contribution in [0.4, 0.5) is 0 Å². The van der Waals surface area contributed by atoms with Gasteiger partial charge in [0.15, 0.2) is 14.8 Å². The Hall–Kier alpha value is -2.93. The van der Waals surface area contributed by atoms with E-state index in [-0.39, 0.29) is 78.0 Å². The number of ether oxygens (including phenoxy) is 1. The van der Waals surface area contributed by atoms with Gasteiger partial charge in [-0.3, -0.25) is 14.4 Å². The Bertz CT molecular complexity index is 1850. The van der Waals surface area contributed by atoms with Crippen LogP contribution in [-0.2, 0) is 13.8 Å². The van der Waals surface area contributed by atoms with Crippen LogP contribution < -0.4 is 10.2 Å². The van der Waals surface area contributed by atoms with Gasteiger partial charge in [-0.1, -0.05) is 46.4 Å². The summed E-state index contributed by atoms with van der Waals surface area (Å²) in [5, 5.41) is 9.36. The number of hydrogen-bond acceptors (Lipinski definition) is 8. The van der Waals surface area contributed by atoms with Gasteiger partial charge in [-0.05, 0) is 50.6 Å². The second kappa shape index (κ2) is 14.7. The molecule has 0 N–H and O–H groups in total. The Balaban J connectivity index is 1.86. The van der Waals surface area contributed by atoms with Gasteiger partial charge in [0, 0.05) is 47.8 Å². The molecule has 0 aromatic heterocycles. The number of fused-ring (bicyclic) bond motifs is 2. The topological polar surface area (TPSA) is 119 Å². The molecule has 2 aliphatic rings. The molecule has 1 unspecified atom stereocenters. The molecular weight excluding hydrogens is 685 g/mol. The number of halogens is 4. The third-order valence-electron chi connectivity index (χ3n) is 6.51. The van der Waals surface area contributed by atoms with Gasteiger partial charge in [-0.25, -0.2) is 0 Å². The van der Waals surface area contributed by atoms with E-state index in [0.29, 0.717) is 22.1 Å². The van der Waals surface area contributed by atoms with Gasteiger partial charge in [-0.2, -0.15) is 5.26 Å². The van der Waals surface area contributed by atoms with Crippen molar-refractivity contribution >= 4 is 78.3 Å². The Kier molecular flexibility index (Phi) is 11.4. The zero-order valence-corrected chi connectivity index (χ0v) is 28.6. The largest absolute Gasteiger partial charge is 0.456 e. The lowest BCUT2D eigenvalue weighted by atomic mass is 9.90.